The molecular weight excluding hydrogens is 332 g/mol. The van der Waals surface area contributed by atoms with Gasteiger partial charge in [0.25, 0.3) is 0 Å². The predicted octanol–water partition coefficient (Wildman–Crippen LogP) is 2.84. The molecule has 0 saturated carbocycles. The van der Waals surface area contributed by atoms with Crippen molar-refractivity contribution in [3.05, 3.63) is 17.7 Å². The van der Waals surface area contributed by atoms with Crippen LogP contribution in [0.3, 0.4) is 0 Å². The van der Waals surface area contributed by atoms with Gasteiger partial charge in [-0.2, -0.15) is 0 Å². The Bertz CT molecular complexity index is 592. The third kappa shape index (κ3) is 5.27. The van der Waals surface area contributed by atoms with E-state index in [-0.39, 0.29) is 17.4 Å². The number of likely N-dealkylation sites (tertiary alicyclic amines) is 1. The predicted molar refractivity (Wildman–Crippen MR) is 102 cm³/mol. The van der Waals surface area contributed by atoms with Gasteiger partial charge < -0.3 is 19.5 Å². The van der Waals surface area contributed by atoms with Crippen molar-refractivity contribution < 1.29 is 19.0 Å². The first kappa shape index (κ1) is 20.4. The van der Waals surface area contributed by atoms with E-state index >= 15 is 0 Å². The van der Waals surface area contributed by atoms with Gasteiger partial charge in [0.1, 0.15) is 0 Å². The van der Waals surface area contributed by atoms with E-state index in [1.807, 2.05) is 32.9 Å². The van der Waals surface area contributed by atoms with E-state index in [1.165, 1.54) is 0 Å². The maximum absolute atomic E-state index is 12.3. The van der Waals surface area contributed by atoms with Crippen LogP contribution in [-0.4, -0.2) is 50.8 Å². The molecule has 1 aliphatic heterocycles. The van der Waals surface area contributed by atoms with Gasteiger partial charge >= 0.3 is 0 Å². The summed E-state index contributed by atoms with van der Waals surface area (Å²) >= 11 is 0. The summed E-state index contributed by atoms with van der Waals surface area (Å²) in [6, 6.07) is 3.97. The molecule has 1 amide bonds. The van der Waals surface area contributed by atoms with Gasteiger partial charge in [0.05, 0.1) is 21.3 Å². The quantitative estimate of drug-likeness (QED) is 0.841. The van der Waals surface area contributed by atoms with Crippen molar-refractivity contribution in [1.29, 1.82) is 0 Å². The third-order valence-corrected chi connectivity index (χ3v) is 4.59. The lowest BCUT2D eigenvalue weighted by molar-refractivity contribution is -0.127. The molecule has 6 heteroatoms. The molecule has 6 nitrogen and oxygen atoms in total. The van der Waals surface area contributed by atoms with Gasteiger partial charge in [-0.1, -0.05) is 0 Å². The summed E-state index contributed by atoms with van der Waals surface area (Å²) in [4.78, 5) is 14.7. The number of benzene rings is 1. The van der Waals surface area contributed by atoms with Crippen molar-refractivity contribution in [1.82, 2.24) is 10.2 Å². The molecule has 1 N–H and O–H groups in total. The lowest BCUT2D eigenvalue weighted by Crippen LogP contribution is -2.46. The SMILES string of the molecule is COc1cc(CN2CCC(C(=O)NC(C)(C)C)CC2)cc(OC)c1OC. The fraction of sp³-hybridized carbons (Fsp3) is 0.650. The minimum Gasteiger partial charge on any atom is -0.493 e. The molecule has 146 valence electrons. The second-order valence-corrected chi connectivity index (χ2v) is 7.82. The summed E-state index contributed by atoms with van der Waals surface area (Å²) in [6.45, 7) is 8.65. The van der Waals surface area contributed by atoms with E-state index in [1.54, 1.807) is 21.3 Å². The minimum atomic E-state index is -0.176. The van der Waals surface area contributed by atoms with Crippen LogP contribution in [0, 0.1) is 5.92 Å². The van der Waals surface area contributed by atoms with Crippen molar-refractivity contribution in [2.45, 2.75) is 45.7 Å². The van der Waals surface area contributed by atoms with Gasteiger partial charge in [-0.25, -0.2) is 0 Å². The van der Waals surface area contributed by atoms with Crippen LogP contribution in [0.1, 0.15) is 39.2 Å². The summed E-state index contributed by atoms with van der Waals surface area (Å²) in [5.41, 5.74) is 0.932. The highest BCUT2D eigenvalue weighted by atomic mass is 16.5. The molecule has 0 spiro atoms. The number of carbonyl (C=O) groups is 1. The van der Waals surface area contributed by atoms with Gasteiger partial charge in [-0.05, 0) is 64.4 Å². The highest BCUT2D eigenvalue weighted by Gasteiger charge is 2.27. The Morgan fingerprint density at radius 3 is 2.04 bits per heavy atom. The van der Waals surface area contributed by atoms with Crippen molar-refractivity contribution in [2.75, 3.05) is 34.4 Å². The Balaban J connectivity index is 1.98. The molecule has 26 heavy (non-hydrogen) atoms. The molecule has 0 atom stereocenters. The molecule has 1 heterocycles. The van der Waals surface area contributed by atoms with Crippen LogP contribution in [0.4, 0.5) is 0 Å². The Hall–Kier alpha value is -1.95. The van der Waals surface area contributed by atoms with Crippen molar-refractivity contribution in [3.63, 3.8) is 0 Å². The van der Waals surface area contributed by atoms with Gasteiger partial charge in [0, 0.05) is 18.0 Å². The van der Waals surface area contributed by atoms with Gasteiger partial charge in [0.2, 0.25) is 11.7 Å². The molecule has 0 bridgehead atoms. The largest absolute Gasteiger partial charge is 0.493 e. The van der Waals surface area contributed by atoms with E-state index in [4.69, 9.17) is 14.2 Å². The zero-order valence-electron chi connectivity index (χ0n) is 16.8. The highest BCUT2D eigenvalue weighted by Crippen LogP contribution is 2.38. The number of carbonyl (C=O) groups excluding carboxylic acids is 1. The van der Waals surface area contributed by atoms with Gasteiger partial charge in [0.15, 0.2) is 11.5 Å². The van der Waals surface area contributed by atoms with Crippen LogP contribution in [-0.2, 0) is 11.3 Å². The maximum atomic E-state index is 12.3. The average molecular weight is 364 g/mol. The van der Waals surface area contributed by atoms with Crippen LogP contribution >= 0.6 is 0 Å². The average Bonchev–Trinajstić information content (AvgIpc) is 2.59. The smallest absolute Gasteiger partial charge is 0.223 e. The standard InChI is InChI=1S/C20H32N2O4/c1-20(2,3)21-19(23)15-7-9-22(10-8-15)13-14-11-16(24-4)18(26-6)17(12-14)25-5/h11-12,15H,7-10,13H2,1-6H3,(H,21,23). The number of amides is 1. The van der Waals surface area contributed by atoms with Crippen molar-refractivity contribution in [3.8, 4) is 17.2 Å². The number of hydrogen-bond donors (Lipinski definition) is 1. The second-order valence-electron chi connectivity index (χ2n) is 7.82. The topological polar surface area (TPSA) is 60.0 Å². The molecule has 1 fully saturated rings. The fourth-order valence-electron chi connectivity index (χ4n) is 3.31. The van der Waals surface area contributed by atoms with Crippen LogP contribution < -0.4 is 19.5 Å². The Morgan fingerprint density at radius 2 is 1.62 bits per heavy atom. The number of ether oxygens (including phenoxy) is 3. The van der Waals surface area contributed by atoms with Crippen LogP contribution in [0.15, 0.2) is 12.1 Å². The number of nitrogens with zero attached hydrogens (tertiary/aromatic N) is 1. The van der Waals surface area contributed by atoms with Gasteiger partial charge in [-0.15, -0.1) is 0 Å². The molecule has 0 aliphatic carbocycles. The number of methoxy groups -OCH3 is 3. The summed E-state index contributed by atoms with van der Waals surface area (Å²) < 4.78 is 16.2. The lowest BCUT2D eigenvalue weighted by atomic mass is 9.94. The molecular formula is C20H32N2O4. The first-order valence-electron chi connectivity index (χ1n) is 9.10. The van der Waals surface area contributed by atoms with Crippen LogP contribution in [0.2, 0.25) is 0 Å². The molecule has 2 rings (SSSR count). The summed E-state index contributed by atoms with van der Waals surface area (Å²) in [5.74, 6) is 2.22. The van der Waals surface area contributed by atoms with Gasteiger partial charge in [-0.3, -0.25) is 9.69 Å². The van der Waals surface area contributed by atoms with E-state index < -0.39 is 0 Å². The molecule has 1 aromatic carbocycles. The van der Waals surface area contributed by atoms with Crippen LogP contribution in [0.25, 0.3) is 0 Å². The Kier molecular flexibility index (Phi) is 6.75. The second kappa shape index (κ2) is 8.62. The molecule has 1 aliphatic rings. The van der Waals surface area contributed by atoms with E-state index in [0.717, 1.165) is 38.0 Å². The van der Waals surface area contributed by atoms with Crippen molar-refractivity contribution in [2.24, 2.45) is 5.92 Å². The first-order valence-corrected chi connectivity index (χ1v) is 9.10. The molecule has 0 radical (unpaired) electrons. The molecule has 1 aromatic rings. The highest BCUT2D eigenvalue weighted by molar-refractivity contribution is 5.79. The number of hydrogen-bond acceptors (Lipinski definition) is 5. The Labute approximate surface area is 156 Å². The maximum Gasteiger partial charge on any atom is 0.223 e. The molecule has 1 saturated heterocycles. The van der Waals surface area contributed by atoms with E-state index in [9.17, 15) is 4.79 Å². The van der Waals surface area contributed by atoms with Crippen LogP contribution in [0.5, 0.6) is 17.2 Å². The van der Waals surface area contributed by atoms with Crippen molar-refractivity contribution >= 4 is 5.91 Å². The Morgan fingerprint density at radius 1 is 1.08 bits per heavy atom. The number of nitrogens with one attached hydrogen (secondary N) is 1. The normalized spacial score (nSPS) is 16.2. The summed E-state index contributed by atoms with van der Waals surface area (Å²) in [5, 5.41) is 3.09. The lowest BCUT2D eigenvalue weighted by Gasteiger charge is -2.33. The summed E-state index contributed by atoms with van der Waals surface area (Å²) in [6.07, 6.45) is 1.76. The third-order valence-electron chi connectivity index (χ3n) is 4.59. The van der Waals surface area contributed by atoms with E-state index in [2.05, 4.69) is 10.2 Å². The minimum absolute atomic E-state index is 0.102. The zero-order chi connectivity index (χ0) is 19.3. The number of rotatable bonds is 6. The van der Waals surface area contributed by atoms with E-state index in [0.29, 0.717) is 17.2 Å². The number of piperidine rings is 1. The molecule has 0 aromatic heterocycles. The fourth-order valence-corrected chi connectivity index (χ4v) is 3.31. The monoisotopic (exact) mass is 364 g/mol. The zero-order valence-corrected chi connectivity index (χ0v) is 16.8. The molecule has 0 unspecified atom stereocenters. The first-order chi connectivity index (χ1) is 12.3. The summed E-state index contributed by atoms with van der Waals surface area (Å²) in [7, 11) is 4.86.